The van der Waals surface area contributed by atoms with E-state index in [9.17, 15) is 68.1 Å². The maximum Gasteiger partial charge on any atom is 0.334 e. The van der Waals surface area contributed by atoms with Crippen LogP contribution in [0.1, 0.15) is 83.4 Å². The second-order valence-corrected chi connectivity index (χ2v) is 22.0. The number of nitrogens with two attached hydrogens (primary N) is 2. The second-order valence-electron chi connectivity index (χ2n) is 22.0. The average molecular weight is 1220 g/mol. The summed E-state index contributed by atoms with van der Waals surface area (Å²) in [6.45, 7) is 7.10. The number of carbonyl (C=O) groups is 11. The molecule has 5 rings (SSSR count). The minimum Gasteiger partial charge on any atom is -0.508 e. The molecule has 10 atom stereocenters. The summed E-state index contributed by atoms with van der Waals surface area (Å²) in [5, 5.41) is 52.8. The molecule has 2 heterocycles. The fourth-order valence-corrected chi connectivity index (χ4v) is 9.81. The summed E-state index contributed by atoms with van der Waals surface area (Å²) in [5.74, 6) is -8.79. The number of benzene rings is 3. The Hall–Kier alpha value is -9.64. The van der Waals surface area contributed by atoms with Gasteiger partial charge in [0.25, 0.3) is 5.91 Å². The Bertz CT molecular complexity index is 3140. The first-order valence-corrected chi connectivity index (χ1v) is 28.7. The highest BCUT2D eigenvalue weighted by Gasteiger charge is 2.43. The zero-order valence-corrected chi connectivity index (χ0v) is 49.9. The van der Waals surface area contributed by atoms with Gasteiger partial charge >= 0.3 is 6.03 Å². The summed E-state index contributed by atoms with van der Waals surface area (Å²) in [6.07, 6.45) is -2.16. The van der Waals surface area contributed by atoms with E-state index in [1.54, 1.807) is 50.4 Å². The molecule has 0 aliphatic carbocycles. The van der Waals surface area contributed by atoms with Crippen LogP contribution >= 0.6 is 0 Å². The quantitative estimate of drug-likeness (QED) is 0.0113. The van der Waals surface area contributed by atoms with E-state index in [1.807, 2.05) is 24.3 Å². The largest absolute Gasteiger partial charge is 0.508 e. The summed E-state index contributed by atoms with van der Waals surface area (Å²) in [7, 11) is 1.49. The van der Waals surface area contributed by atoms with Gasteiger partial charge in [-0.05, 0) is 73.9 Å². The fraction of sp³-hybridized carbons (Fsp3) is 0.458. The molecular formula is C59H81N15O14. The third-order valence-electron chi connectivity index (χ3n) is 14.3. The number of aliphatic hydroxyl groups is 2. The van der Waals surface area contributed by atoms with Gasteiger partial charge < -0.3 is 79.2 Å². The van der Waals surface area contributed by atoms with Crippen LogP contribution in [0.4, 0.5) is 4.79 Å². The van der Waals surface area contributed by atoms with Crippen molar-refractivity contribution in [3.8, 4) is 5.75 Å². The molecule has 1 saturated heterocycles. The number of β-amino-alcohol motifs (C(OH)–C–C–N with tert-alkyl or cyclic N) is 1. The Balaban J connectivity index is 1.28. The number of carbonyl (C=O) groups excluding carboxylic acids is 11. The number of aliphatic hydroxyl groups excluding tert-OH is 2. The number of guanidine groups is 1. The number of aromatic nitrogens is 1. The molecule has 476 valence electrons. The van der Waals surface area contributed by atoms with Crippen molar-refractivity contribution < 1.29 is 68.1 Å². The molecule has 0 spiro atoms. The molecular weight excluding hydrogens is 1140 g/mol. The third-order valence-corrected chi connectivity index (χ3v) is 14.3. The molecule has 29 nitrogen and oxygen atoms in total. The number of urea groups is 1. The summed E-state index contributed by atoms with van der Waals surface area (Å²) in [6, 6.07) is 8.95. The van der Waals surface area contributed by atoms with Gasteiger partial charge in [0.1, 0.15) is 48.0 Å². The van der Waals surface area contributed by atoms with Crippen molar-refractivity contribution in [2.75, 3.05) is 20.1 Å². The minimum atomic E-state index is -1.89. The molecule has 88 heavy (non-hydrogen) atoms. The number of aliphatic imine (C=N–C) groups is 1. The number of aromatic amines is 1. The standard InChI is InChI=1S/C59H81N15O14/c1-31(2)23-44(52(82)66-42(17-12-22-63-58(61)62-6)51(81)67-43(32(3)75)26-37-29-64-41-16-11-10-15-40(37)41)70-59(88)73-72-54(84)45(24-35-13-8-7-9-14-35)69-56(86)50(33(4)76)71-53(83)46(28-49(60)80)68-55(85)48-27-39(79)30-74(48)57(87)47(65-34(5)77)25-36-18-20-38(78)21-19-36/h7-11,13-16,18-21,29,31,33,39,42-48,50,64,76,78-79H,12,17,22-28,30H2,1-6H3,(H2,60,80)(H,65,77)(H,66,82)(H,67,81)(H,68,85)(H,69,86)(H,71,83)(H,72,84)(H3,61,62,63)(H2,70,73,88)/t33-,39-,42+,43+,44+,45+,46+,47-,48+,50+/m1/s1. The number of fused-ring (bicyclic) bond motifs is 1. The summed E-state index contributed by atoms with van der Waals surface area (Å²) >= 11 is 0. The van der Waals surface area contributed by atoms with E-state index in [1.165, 1.54) is 45.2 Å². The predicted octanol–water partition coefficient (Wildman–Crippen LogP) is -2.30. The number of para-hydroxylation sites is 1. The molecule has 4 aromatic rings. The van der Waals surface area contributed by atoms with Crippen LogP contribution in [0, 0.1) is 5.92 Å². The van der Waals surface area contributed by atoms with E-state index < -0.39 is 126 Å². The van der Waals surface area contributed by atoms with Crippen LogP contribution in [0.25, 0.3) is 10.9 Å². The van der Waals surface area contributed by atoms with Crippen LogP contribution in [0.5, 0.6) is 5.75 Å². The van der Waals surface area contributed by atoms with Crippen LogP contribution in [0.2, 0.25) is 0 Å². The Kier molecular flexibility index (Phi) is 26.2. The van der Waals surface area contributed by atoms with E-state index in [4.69, 9.17) is 11.5 Å². The minimum absolute atomic E-state index is 0.0392. The number of likely N-dealkylation sites (tertiary alicyclic amines) is 1. The van der Waals surface area contributed by atoms with E-state index in [0.29, 0.717) is 17.5 Å². The van der Waals surface area contributed by atoms with Crippen molar-refractivity contribution in [3.63, 3.8) is 0 Å². The first-order valence-electron chi connectivity index (χ1n) is 28.7. The van der Waals surface area contributed by atoms with Gasteiger partial charge in [0.2, 0.25) is 47.3 Å². The fourth-order valence-electron chi connectivity index (χ4n) is 9.81. The SMILES string of the molecule is CN=C(N)NCCC[C@H](NC(=O)[C@H](CC(C)C)NC(=O)NNC(=O)[C@H](Cc1ccccc1)NC(=O)[C@@H](NC(=O)[C@H](CC(N)=O)NC(=O)[C@@H]1C[C@@H](O)CN1C(=O)[C@@H](Cc1ccc(O)cc1)NC(C)=O)[C@@H](C)O)C(=O)N[C@@H](Cc1c[nH]c2ccccc12)C(C)=O. The van der Waals surface area contributed by atoms with Crippen molar-refractivity contribution in [3.05, 3.63) is 102 Å². The lowest BCUT2D eigenvalue weighted by molar-refractivity contribution is -0.142. The molecule has 1 fully saturated rings. The lowest BCUT2D eigenvalue weighted by Gasteiger charge is -2.30. The highest BCUT2D eigenvalue weighted by molar-refractivity contribution is 5.99. The number of phenolic OH excluding ortho intramolecular Hbond substituents is 1. The number of primary amides is 1. The first-order chi connectivity index (χ1) is 41.7. The number of hydrogen-bond donors (Lipinski definition) is 16. The summed E-state index contributed by atoms with van der Waals surface area (Å²) < 4.78 is 0. The molecule has 29 heteroatoms. The zero-order valence-electron chi connectivity index (χ0n) is 49.9. The van der Waals surface area contributed by atoms with Crippen LogP contribution in [-0.2, 0) is 67.2 Å². The monoisotopic (exact) mass is 1220 g/mol. The smallest absolute Gasteiger partial charge is 0.334 e. The molecule has 1 aromatic heterocycles. The average Bonchev–Trinajstić information content (AvgIpc) is 2.76. The number of nitrogens with one attached hydrogen (secondary N) is 11. The van der Waals surface area contributed by atoms with Gasteiger partial charge in [-0.15, -0.1) is 0 Å². The van der Waals surface area contributed by atoms with Crippen molar-refractivity contribution in [2.24, 2.45) is 22.4 Å². The number of nitrogens with zero attached hydrogens (tertiary/aromatic N) is 2. The van der Waals surface area contributed by atoms with Crippen molar-refractivity contribution in [1.29, 1.82) is 0 Å². The number of hydrogen-bond acceptors (Lipinski definition) is 15. The van der Waals surface area contributed by atoms with Gasteiger partial charge in [-0.2, -0.15) is 0 Å². The highest BCUT2D eigenvalue weighted by Crippen LogP contribution is 2.23. The van der Waals surface area contributed by atoms with Gasteiger partial charge in [-0.1, -0.05) is 74.5 Å². The maximum atomic E-state index is 14.1. The third kappa shape index (κ3) is 21.4. The number of amides is 11. The number of aromatic hydroxyl groups is 1. The molecule has 0 unspecified atom stereocenters. The summed E-state index contributed by atoms with van der Waals surface area (Å²) in [4.78, 5) is 157. The van der Waals surface area contributed by atoms with Gasteiger partial charge in [0.15, 0.2) is 11.7 Å². The van der Waals surface area contributed by atoms with Crippen molar-refractivity contribution in [1.82, 2.24) is 63.3 Å². The molecule has 0 radical (unpaired) electrons. The number of rotatable bonds is 30. The normalized spacial score (nSPS) is 16.6. The molecule has 11 amide bonds. The molecule has 18 N–H and O–H groups in total. The molecule has 1 aliphatic rings. The topological polar surface area (TPSA) is 452 Å². The Morgan fingerprint density at radius 1 is 0.670 bits per heavy atom. The number of ketones is 1. The predicted molar refractivity (Wildman–Crippen MR) is 321 cm³/mol. The molecule has 1 aliphatic heterocycles. The second kappa shape index (κ2) is 33.3. The zero-order chi connectivity index (χ0) is 64.8. The van der Waals surface area contributed by atoms with Crippen molar-refractivity contribution >= 4 is 81.8 Å². The van der Waals surface area contributed by atoms with Crippen LogP contribution in [-0.4, -0.2) is 177 Å². The lowest BCUT2D eigenvalue weighted by atomic mass is 10.0. The van der Waals surface area contributed by atoms with E-state index >= 15 is 0 Å². The Labute approximate surface area is 508 Å². The Morgan fingerprint density at radius 2 is 1.28 bits per heavy atom. The number of phenols is 1. The molecule has 0 saturated carbocycles. The van der Waals surface area contributed by atoms with Gasteiger partial charge in [-0.25, -0.2) is 10.2 Å². The van der Waals surface area contributed by atoms with E-state index in [0.717, 1.165) is 28.3 Å². The summed E-state index contributed by atoms with van der Waals surface area (Å²) in [5.41, 5.74) is 18.3. The van der Waals surface area contributed by atoms with Gasteiger partial charge in [-0.3, -0.25) is 58.4 Å². The van der Waals surface area contributed by atoms with Gasteiger partial charge in [0, 0.05) is 69.8 Å². The van der Waals surface area contributed by atoms with Crippen LogP contribution < -0.4 is 64.9 Å². The number of H-pyrrole nitrogens is 1. The lowest BCUT2D eigenvalue weighted by Crippen LogP contribution is -2.62. The highest BCUT2D eigenvalue weighted by atomic mass is 16.3. The van der Waals surface area contributed by atoms with Crippen molar-refractivity contribution in [2.45, 2.75) is 147 Å². The van der Waals surface area contributed by atoms with Crippen LogP contribution in [0.3, 0.4) is 0 Å². The van der Waals surface area contributed by atoms with Gasteiger partial charge in [0.05, 0.1) is 24.7 Å². The number of Topliss-reactive ketones (excluding diaryl/α,β-unsaturated/α-hetero) is 1. The maximum absolute atomic E-state index is 14.1. The van der Waals surface area contributed by atoms with E-state index in [2.05, 4.69) is 63.4 Å². The molecule has 3 aromatic carbocycles. The van der Waals surface area contributed by atoms with Crippen LogP contribution in [0.15, 0.2) is 90.1 Å². The Morgan fingerprint density at radius 3 is 1.92 bits per heavy atom. The number of hydrazine groups is 1. The molecule has 0 bridgehead atoms. The van der Waals surface area contributed by atoms with E-state index in [-0.39, 0.29) is 75.0 Å². The first kappa shape index (κ1) is 69.1.